The molecule has 2 aliphatic rings. The van der Waals surface area contributed by atoms with E-state index in [4.69, 9.17) is 19.2 Å². The number of thioether (sulfide) groups is 1. The highest BCUT2D eigenvalue weighted by molar-refractivity contribution is 14.0. The topological polar surface area (TPSA) is 67.4 Å². The van der Waals surface area contributed by atoms with Crippen molar-refractivity contribution in [2.75, 3.05) is 71.7 Å². The maximum absolute atomic E-state index is 5.57. The second kappa shape index (κ2) is 13.6. The van der Waals surface area contributed by atoms with E-state index >= 15 is 0 Å². The predicted molar refractivity (Wildman–Crippen MR) is 140 cm³/mol. The lowest BCUT2D eigenvalue weighted by molar-refractivity contribution is -0.0104. The molecule has 0 spiro atoms. The van der Waals surface area contributed by atoms with Crippen molar-refractivity contribution in [3.05, 3.63) is 23.8 Å². The van der Waals surface area contributed by atoms with Crippen LogP contribution in [0.5, 0.6) is 11.5 Å². The lowest BCUT2D eigenvalue weighted by Gasteiger charge is -2.42. The number of nitrogens with zero attached hydrogens (tertiary/aromatic N) is 2. The van der Waals surface area contributed by atoms with Crippen LogP contribution in [0, 0.1) is 0 Å². The van der Waals surface area contributed by atoms with Gasteiger partial charge in [-0.25, -0.2) is 0 Å². The van der Waals surface area contributed by atoms with Crippen LogP contribution in [-0.4, -0.2) is 88.1 Å². The van der Waals surface area contributed by atoms with E-state index in [-0.39, 0.29) is 29.5 Å². The molecule has 1 unspecified atom stereocenters. The molecule has 2 heterocycles. The first-order chi connectivity index (χ1) is 14.7. The van der Waals surface area contributed by atoms with Crippen LogP contribution in [0.2, 0.25) is 0 Å². The van der Waals surface area contributed by atoms with Gasteiger partial charge in [-0.2, -0.15) is 11.8 Å². The summed E-state index contributed by atoms with van der Waals surface area (Å²) in [6.45, 7) is 8.28. The van der Waals surface area contributed by atoms with Crippen molar-refractivity contribution in [1.82, 2.24) is 15.5 Å². The van der Waals surface area contributed by atoms with Gasteiger partial charge in [0.15, 0.2) is 17.5 Å². The number of hydrogen-bond acceptors (Lipinski definition) is 6. The Labute approximate surface area is 208 Å². The quantitative estimate of drug-likeness (QED) is 0.272. The normalized spacial score (nSPS) is 22.0. The number of benzene rings is 1. The molecular formula is C22H37IN4O3S. The molecule has 7 nitrogen and oxygen atoms in total. The van der Waals surface area contributed by atoms with Crippen molar-refractivity contribution in [3.63, 3.8) is 0 Å². The fourth-order valence-corrected chi connectivity index (χ4v) is 5.50. The summed E-state index contributed by atoms with van der Waals surface area (Å²) < 4.78 is 16.3. The minimum absolute atomic E-state index is 0. The van der Waals surface area contributed by atoms with Crippen LogP contribution in [0.25, 0.3) is 0 Å². The summed E-state index contributed by atoms with van der Waals surface area (Å²) in [5.41, 5.74) is 1.37. The Balaban J connectivity index is 0.00000341. The number of halogens is 1. The molecule has 2 aliphatic heterocycles. The minimum atomic E-state index is 0. The summed E-state index contributed by atoms with van der Waals surface area (Å²) in [6.07, 6.45) is 2.08. The molecule has 0 amide bonds. The number of aliphatic imine (C=N–C) groups is 1. The van der Waals surface area contributed by atoms with Crippen molar-refractivity contribution in [2.45, 2.75) is 25.3 Å². The van der Waals surface area contributed by atoms with Crippen LogP contribution in [-0.2, 0) is 11.2 Å². The first kappa shape index (κ1) is 26.3. The Morgan fingerprint density at radius 1 is 1.19 bits per heavy atom. The van der Waals surface area contributed by atoms with Crippen molar-refractivity contribution in [1.29, 1.82) is 0 Å². The molecule has 0 aromatic heterocycles. The first-order valence-corrected chi connectivity index (χ1v) is 12.0. The van der Waals surface area contributed by atoms with E-state index in [1.165, 1.54) is 17.7 Å². The number of methoxy groups -OCH3 is 2. The van der Waals surface area contributed by atoms with Crippen LogP contribution in [0.4, 0.5) is 0 Å². The zero-order valence-electron chi connectivity index (χ0n) is 18.9. The van der Waals surface area contributed by atoms with Gasteiger partial charge in [-0.1, -0.05) is 6.07 Å². The number of nitrogens with one attached hydrogen (secondary N) is 2. The van der Waals surface area contributed by atoms with Gasteiger partial charge in [0, 0.05) is 31.9 Å². The summed E-state index contributed by atoms with van der Waals surface area (Å²) in [4.78, 5) is 7.59. The van der Waals surface area contributed by atoms with E-state index in [2.05, 4.69) is 28.5 Å². The fraction of sp³-hybridized carbons (Fsp3) is 0.682. The van der Waals surface area contributed by atoms with E-state index in [0.29, 0.717) is 0 Å². The van der Waals surface area contributed by atoms with Gasteiger partial charge in [0.05, 0.1) is 39.5 Å². The summed E-state index contributed by atoms with van der Waals surface area (Å²) in [5, 5.41) is 6.89. The van der Waals surface area contributed by atoms with Gasteiger partial charge in [0.2, 0.25) is 0 Å². The molecule has 1 atom stereocenters. The third-order valence-corrected chi connectivity index (χ3v) is 7.03. The van der Waals surface area contributed by atoms with Gasteiger partial charge in [-0.3, -0.25) is 9.89 Å². The highest BCUT2D eigenvalue weighted by Gasteiger charge is 2.40. The van der Waals surface area contributed by atoms with Crippen LogP contribution < -0.4 is 20.1 Å². The molecule has 0 saturated carbocycles. The Kier molecular flexibility index (Phi) is 11.6. The second-order valence-corrected chi connectivity index (χ2v) is 8.79. The van der Waals surface area contributed by atoms with Crippen LogP contribution in [0.15, 0.2) is 23.2 Å². The molecule has 1 aromatic carbocycles. The molecule has 0 aliphatic carbocycles. The third-order valence-electron chi connectivity index (χ3n) is 5.79. The largest absolute Gasteiger partial charge is 0.493 e. The fourth-order valence-electron chi connectivity index (χ4n) is 4.04. The summed E-state index contributed by atoms with van der Waals surface area (Å²) in [5.74, 6) is 4.79. The minimum Gasteiger partial charge on any atom is -0.493 e. The Hall–Kier alpha value is -0.910. The van der Waals surface area contributed by atoms with Gasteiger partial charge in [-0.05, 0) is 43.2 Å². The molecule has 9 heteroatoms. The summed E-state index contributed by atoms with van der Waals surface area (Å²) >= 11 is 2.05. The number of morpholine rings is 1. The number of hydrogen-bond donors (Lipinski definition) is 2. The highest BCUT2D eigenvalue weighted by atomic mass is 127. The maximum Gasteiger partial charge on any atom is 0.191 e. The van der Waals surface area contributed by atoms with Crippen LogP contribution >= 0.6 is 35.7 Å². The number of guanidine groups is 1. The van der Waals surface area contributed by atoms with Gasteiger partial charge in [-0.15, -0.1) is 24.0 Å². The molecule has 0 bridgehead atoms. The lowest BCUT2D eigenvalue weighted by atomic mass is 9.96. The molecule has 31 heavy (non-hydrogen) atoms. The van der Waals surface area contributed by atoms with Crippen molar-refractivity contribution in [3.8, 4) is 11.5 Å². The smallest absolute Gasteiger partial charge is 0.191 e. The van der Waals surface area contributed by atoms with Crippen molar-refractivity contribution < 1.29 is 14.2 Å². The SMILES string of the molecule is CCNC(=NCC1(N2CCOCC2)CCSC1)NCCc1ccc(OC)c(OC)c1.I. The zero-order chi connectivity index (χ0) is 21.2. The number of ether oxygens (including phenoxy) is 3. The van der Waals surface area contributed by atoms with Crippen LogP contribution in [0.3, 0.4) is 0 Å². The van der Waals surface area contributed by atoms with E-state index < -0.39 is 0 Å². The van der Waals surface area contributed by atoms with Crippen molar-refractivity contribution in [2.24, 2.45) is 4.99 Å². The summed E-state index contributed by atoms with van der Waals surface area (Å²) in [7, 11) is 3.33. The molecule has 2 saturated heterocycles. The van der Waals surface area contributed by atoms with E-state index in [1.54, 1.807) is 14.2 Å². The van der Waals surface area contributed by atoms with Crippen molar-refractivity contribution >= 4 is 41.7 Å². The molecule has 0 radical (unpaired) electrons. The average molecular weight is 565 g/mol. The Bertz CT molecular complexity index is 695. The van der Waals surface area contributed by atoms with E-state index in [0.717, 1.165) is 75.6 Å². The highest BCUT2D eigenvalue weighted by Crippen LogP contribution is 2.34. The monoisotopic (exact) mass is 564 g/mol. The Morgan fingerprint density at radius 2 is 1.97 bits per heavy atom. The van der Waals surface area contributed by atoms with Gasteiger partial charge < -0.3 is 24.8 Å². The van der Waals surface area contributed by atoms with E-state index in [9.17, 15) is 0 Å². The number of rotatable bonds is 9. The standard InChI is InChI=1S/C22H36N4O3S.HI/c1-4-23-21(24-9-7-18-5-6-19(27-2)20(15-18)28-3)25-16-22(8-14-30-17-22)26-10-12-29-13-11-26;/h5-6,15H,4,7-14,16-17H2,1-3H3,(H2,23,24,25);1H. The summed E-state index contributed by atoms with van der Waals surface area (Å²) in [6, 6.07) is 6.07. The van der Waals surface area contributed by atoms with Crippen LogP contribution in [0.1, 0.15) is 18.9 Å². The Morgan fingerprint density at radius 3 is 2.61 bits per heavy atom. The molecule has 176 valence electrons. The molecule has 3 rings (SSSR count). The molecule has 2 N–H and O–H groups in total. The molecule has 1 aromatic rings. The first-order valence-electron chi connectivity index (χ1n) is 10.8. The third kappa shape index (κ3) is 7.30. The van der Waals surface area contributed by atoms with Gasteiger partial charge in [0.1, 0.15) is 0 Å². The molecular weight excluding hydrogens is 527 g/mol. The maximum atomic E-state index is 5.57. The second-order valence-electron chi connectivity index (χ2n) is 7.69. The zero-order valence-corrected chi connectivity index (χ0v) is 22.1. The lowest BCUT2D eigenvalue weighted by Crippen LogP contribution is -2.56. The van der Waals surface area contributed by atoms with Gasteiger partial charge in [0.25, 0.3) is 0 Å². The van der Waals surface area contributed by atoms with Gasteiger partial charge >= 0.3 is 0 Å². The average Bonchev–Trinajstić information content (AvgIpc) is 3.28. The predicted octanol–water partition coefficient (Wildman–Crippen LogP) is 2.63. The molecule has 2 fully saturated rings. The van der Waals surface area contributed by atoms with E-state index in [1.807, 2.05) is 23.9 Å².